The van der Waals surface area contributed by atoms with Crippen molar-refractivity contribution in [2.75, 3.05) is 0 Å². The molecule has 1 heterocycles. The van der Waals surface area contributed by atoms with E-state index < -0.39 is 0 Å². The highest BCUT2D eigenvalue weighted by molar-refractivity contribution is 5.13. The van der Waals surface area contributed by atoms with E-state index in [2.05, 4.69) is 23.8 Å². The van der Waals surface area contributed by atoms with E-state index in [4.69, 9.17) is 0 Å². The van der Waals surface area contributed by atoms with Crippen molar-refractivity contribution < 1.29 is 0 Å². The molecule has 0 atom stereocenters. The molecule has 1 aromatic rings. The second kappa shape index (κ2) is 4.19. The highest BCUT2D eigenvalue weighted by atomic mass is 14.8. The lowest BCUT2D eigenvalue weighted by Gasteiger charge is -2.12. The first-order valence-corrected chi connectivity index (χ1v) is 4.57. The fourth-order valence-corrected chi connectivity index (χ4v) is 1.49. The maximum absolute atomic E-state index is 4.36. The molecule has 0 unspecified atom stereocenters. The Balaban J connectivity index is 2.92. The van der Waals surface area contributed by atoms with Gasteiger partial charge in [-0.1, -0.05) is 13.8 Å². The average Bonchev–Trinajstić information content (AvgIpc) is 2.10. The predicted octanol–water partition coefficient (Wildman–Crippen LogP) is 2.69. The molecule has 0 saturated carbocycles. The van der Waals surface area contributed by atoms with Gasteiger partial charge in [0.15, 0.2) is 0 Å². The molecule has 0 radical (unpaired) electrons. The predicted molar refractivity (Wildman–Crippen MR) is 50.1 cm³/mol. The first-order chi connectivity index (χ1) is 5.79. The van der Waals surface area contributed by atoms with E-state index >= 15 is 0 Å². The zero-order valence-electron chi connectivity index (χ0n) is 8.04. The Kier molecular flexibility index (Phi) is 3.20. The zero-order chi connectivity index (χ0) is 8.97. The van der Waals surface area contributed by atoms with Crippen molar-refractivity contribution in [2.45, 2.75) is 39.5 Å². The van der Waals surface area contributed by atoms with Gasteiger partial charge in [0, 0.05) is 18.3 Å². The third kappa shape index (κ3) is 1.81. The van der Waals surface area contributed by atoms with Crippen molar-refractivity contribution in [3.8, 4) is 0 Å². The molecule has 0 aliphatic carbocycles. The summed E-state index contributed by atoms with van der Waals surface area (Å²) in [6.45, 7) is 6.42. The normalized spacial score (nSPS) is 10.7. The third-order valence-corrected chi connectivity index (χ3v) is 2.29. The van der Waals surface area contributed by atoms with E-state index in [0.29, 0.717) is 5.92 Å². The van der Waals surface area contributed by atoms with Gasteiger partial charge in [-0.05, 0) is 19.8 Å². The standard InChI is InChI=1S/C10H16N2/c1-4-9(5-2)10-8(3)11-6-7-12-10/h6-7,9H,4-5H2,1-3H3. The minimum atomic E-state index is 0.582. The van der Waals surface area contributed by atoms with Crippen LogP contribution in [0.2, 0.25) is 0 Å². The van der Waals surface area contributed by atoms with Crippen molar-refractivity contribution in [1.29, 1.82) is 0 Å². The summed E-state index contributed by atoms with van der Waals surface area (Å²) in [7, 11) is 0. The Bertz CT molecular complexity index is 241. The summed E-state index contributed by atoms with van der Waals surface area (Å²) in [6, 6.07) is 0. The minimum Gasteiger partial charge on any atom is -0.258 e. The minimum absolute atomic E-state index is 0.582. The molecule has 0 amide bonds. The zero-order valence-corrected chi connectivity index (χ0v) is 8.04. The average molecular weight is 164 g/mol. The van der Waals surface area contributed by atoms with Crippen LogP contribution in [0.25, 0.3) is 0 Å². The third-order valence-electron chi connectivity index (χ3n) is 2.29. The molecule has 2 nitrogen and oxygen atoms in total. The van der Waals surface area contributed by atoms with E-state index in [1.807, 2.05) is 6.92 Å². The Hall–Kier alpha value is -0.920. The molecule has 0 aromatic carbocycles. The highest BCUT2D eigenvalue weighted by Crippen LogP contribution is 2.21. The van der Waals surface area contributed by atoms with Crippen LogP contribution in [0, 0.1) is 6.92 Å². The summed E-state index contributed by atoms with van der Waals surface area (Å²) < 4.78 is 0. The summed E-state index contributed by atoms with van der Waals surface area (Å²) in [6.07, 6.45) is 5.83. The number of aromatic nitrogens is 2. The van der Waals surface area contributed by atoms with Gasteiger partial charge in [-0.15, -0.1) is 0 Å². The van der Waals surface area contributed by atoms with Crippen LogP contribution in [0.15, 0.2) is 12.4 Å². The van der Waals surface area contributed by atoms with Crippen LogP contribution >= 0.6 is 0 Å². The second-order valence-corrected chi connectivity index (χ2v) is 3.04. The second-order valence-electron chi connectivity index (χ2n) is 3.04. The fraction of sp³-hybridized carbons (Fsp3) is 0.600. The summed E-state index contributed by atoms with van der Waals surface area (Å²) >= 11 is 0. The van der Waals surface area contributed by atoms with Crippen molar-refractivity contribution >= 4 is 0 Å². The molecule has 12 heavy (non-hydrogen) atoms. The quantitative estimate of drug-likeness (QED) is 0.686. The largest absolute Gasteiger partial charge is 0.258 e. The van der Waals surface area contributed by atoms with Gasteiger partial charge in [0.2, 0.25) is 0 Å². The van der Waals surface area contributed by atoms with Crippen molar-refractivity contribution in [3.63, 3.8) is 0 Å². The Morgan fingerprint density at radius 3 is 2.25 bits per heavy atom. The van der Waals surface area contributed by atoms with Gasteiger partial charge < -0.3 is 0 Å². The Morgan fingerprint density at radius 1 is 1.17 bits per heavy atom. The smallest absolute Gasteiger partial charge is 0.0646 e. The first kappa shape index (κ1) is 9.17. The van der Waals surface area contributed by atoms with Gasteiger partial charge in [0.1, 0.15) is 0 Å². The number of hydrogen-bond acceptors (Lipinski definition) is 2. The lowest BCUT2D eigenvalue weighted by Crippen LogP contribution is -2.02. The van der Waals surface area contributed by atoms with Crippen LogP contribution in [-0.2, 0) is 0 Å². The van der Waals surface area contributed by atoms with Crippen molar-refractivity contribution in [3.05, 3.63) is 23.8 Å². The molecule has 0 aliphatic heterocycles. The highest BCUT2D eigenvalue weighted by Gasteiger charge is 2.10. The lowest BCUT2D eigenvalue weighted by atomic mass is 9.98. The molecule has 66 valence electrons. The molecule has 1 rings (SSSR count). The maximum atomic E-state index is 4.36. The van der Waals surface area contributed by atoms with Crippen LogP contribution in [0.3, 0.4) is 0 Å². The molecular formula is C10H16N2. The van der Waals surface area contributed by atoms with Gasteiger partial charge in [-0.3, -0.25) is 9.97 Å². The Labute approximate surface area is 74.1 Å². The van der Waals surface area contributed by atoms with Gasteiger partial charge in [0.05, 0.1) is 11.4 Å². The van der Waals surface area contributed by atoms with Gasteiger partial charge in [-0.2, -0.15) is 0 Å². The van der Waals surface area contributed by atoms with Crippen molar-refractivity contribution in [2.24, 2.45) is 0 Å². The summed E-state index contributed by atoms with van der Waals surface area (Å²) in [5.74, 6) is 0.582. The van der Waals surface area contributed by atoms with E-state index in [0.717, 1.165) is 18.5 Å². The number of rotatable bonds is 3. The molecule has 0 aliphatic rings. The van der Waals surface area contributed by atoms with E-state index in [1.165, 1.54) is 5.69 Å². The van der Waals surface area contributed by atoms with E-state index in [9.17, 15) is 0 Å². The van der Waals surface area contributed by atoms with E-state index in [1.54, 1.807) is 12.4 Å². The van der Waals surface area contributed by atoms with Crippen LogP contribution in [0.4, 0.5) is 0 Å². The molecule has 0 spiro atoms. The molecule has 0 fully saturated rings. The monoisotopic (exact) mass is 164 g/mol. The number of nitrogens with zero attached hydrogens (tertiary/aromatic N) is 2. The topological polar surface area (TPSA) is 25.8 Å². The summed E-state index contributed by atoms with van der Waals surface area (Å²) in [5, 5.41) is 0. The molecule has 2 heteroatoms. The van der Waals surface area contributed by atoms with Gasteiger partial charge in [-0.25, -0.2) is 0 Å². The first-order valence-electron chi connectivity index (χ1n) is 4.57. The molecule has 1 aromatic heterocycles. The molecule has 0 N–H and O–H groups in total. The van der Waals surface area contributed by atoms with Crippen LogP contribution in [0.1, 0.15) is 44.0 Å². The lowest BCUT2D eigenvalue weighted by molar-refractivity contribution is 0.614. The summed E-state index contributed by atoms with van der Waals surface area (Å²) in [4.78, 5) is 8.59. The SMILES string of the molecule is CCC(CC)c1nccnc1C. The summed E-state index contributed by atoms with van der Waals surface area (Å²) in [5.41, 5.74) is 2.24. The number of aryl methyl sites for hydroxylation is 1. The van der Waals surface area contributed by atoms with Gasteiger partial charge >= 0.3 is 0 Å². The molecule has 0 saturated heterocycles. The van der Waals surface area contributed by atoms with Gasteiger partial charge in [0.25, 0.3) is 0 Å². The Morgan fingerprint density at radius 2 is 1.75 bits per heavy atom. The number of hydrogen-bond donors (Lipinski definition) is 0. The fourth-order valence-electron chi connectivity index (χ4n) is 1.49. The van der Waals surface area contributed by atoms with Crippen LogP contribution < -0.4 is 0 Å². The van der Waals surface area contributed by atoms with Crippen LogP contribution in [0.5, 0.6) is 0 Å². The van der Waals surface area contributed by atoms with Crippen molar-refractivity contribution in [1.82, 2.24) is 9.97 Å². The maximum Gasteiger partial charge on any atom is 0.0646 e. The van der Waals surface area contributed by atoms with E-state index in [-0.39, 0.29) is 0 Å². The molecule has 0 bridgehead atoms. The molecular weight excluding hydrogens is 148 g/mol. The van der Waals surface area contributed by atoms with Crippen LogP contribution in [-0.4, -0.2) is 9.97 Å².